The maximum absolute atomic E-state index is 11.2. The van der Waals surface area contributed by atoms with Crippen molar-refractivity contribution in [3.8, 4) is 0 Å². The maximum atomic E-state index is 11.2. The van der Waals surface area contributed by atoms with Crippen LogP contribution >= 0.6 is 0 Å². The maximum Gasteiger partial charge on any atom is 0.154 e. The van der Waals surface area contributed by atoms with E-state index in [-0.39, 0.29) is 17.5 Å². The molecular formula is C8H16O3S. The predicted octanol–water partition coefficient (Wildman–Crippen LogP) is 1.04. The molecule has 3 nitrogen and oxygen atoms in total. The second kappa shape index (κ2) is 4.60. The molecule has 0 spiro atoms. The third-order valence-corrected chi connectivity index (χ3v) is 2.48. The Labute approximate surface area is 74.1 Å². The lowest BCUT2D eigenvalue weighted by molar-refractivity contribution is -0.120. The highest BCUT2D eigenvalue weighted by molar-refractivity contribution is 7.91. The van der Waals surface area contributed by atoms with Crippen molar-refractivity contribution in [2.75, 3.05) is 12.0 Å². The highest BCUT2D eigenvalue weighted by Gasteiger charge is 2.16. The number of Topliss-reactive ketones (excluding diaryl/α,β-unsaturated/α-hetero) is 1. The molecule has 4 heteroatoms. The topological polar surface area (TPSA) is 51.2 Å². The van der Waals surface area contributed by atoms with Crippen LogP contribution in [0.1, 0.15) is 26.7 Å². The highest BCUT2D eigenvalue weighted by Crippen LogP contribution is 2.07. The van der Waals surface area contributed by atoms with Crippen molar-refractivity contribution < 1.29 is 13.2 Å². The summed E-state index contributed by atoms with van der Waals surface area (Å²) in [4.78, 5) is 11.2. The minimum atomic E-state index is -3.14. The van der Waals surface area contributed by atoms with Crippen LogP contribution in [0.3, 0.4) is 0 Å². The Morgan fingerprint density at radius 3 is 2.25 bits per heavy atom. The van der Waals surface area contributed by atoms with E-state index in [9.17, 15) is 13.2 Å². The van der Waals surface area contributed by atoms with Crippen LogP contribution in [-0.2, 0) is 14.6 Å². The Morgan fingerprint density at radius 2 is 1.92 bits per heavy atom. The first-order chi connectivity index (χ1) is 5.37. The Bertz CT molecular complexity index is 241. The van der Waals surface area contributed by atoms with Gasteiger partial charge in [-0.2, -0.15) is 0 Å². The van der Waals surface area contributed by atoms with E-state index in [1.54, 1.807) is 6.92 Å². The lowest BCUT2D eigenvalue weighted by atomic mass is 10.0. The molecule has 0 aliphatic rings. The quantitative estimate of drug-likeness (QED) is 0.654. The average Bonchev–Trinajstić information content (AvgIpc) is 1.84. The molecule has 0 amide bonds. The van der Waals surface area contributed by atoms with Crippen LogP contribution in [-0.4, -0.2) is 26.2 Å². The second-order valence-electron chi connectivity index (χ2n) is 3.23. The monoisotopic (exact) mass is 192 g/mol. The van der Waals surface area contributed by atoms with Gasteiger partial charge in [0.25, 0.3) is 0 Å². The first-order valence-corrected chi connectivity index (χ1v) is 6.13. The fraction of sp³-hybridized carbons (Fsp3) is 0.875. The molecule has 0 aromatic rings. The van der Waals surface area contributed by atoms with Crippen molar-refractivity contribution in [3.05, 3.63) is 0 Å². The van der Waals surface area contributed by atoms with E-state index in [1.807, 2.05) is 6.92 Å². The van der Waals surface area contributed by atoms with Crippen LogP contribution in [0.4, 0.5) is 0 Å². The zero-order chi connectivity index (χ0) is 9.78. The van der Waals surface area contributed by atoms with Crippen molar-refractivity contribution in [1.82, 2.24) is 0 Å². The zero-order valence-corrected chi connectivity index (χ0v) is 8.65. The van der Waals surface area contributed by atoms with E-state index in [0.717, 1.165) is 19.1 Å². The minimum Gasteiger partial charge on any atom is -0.298 e. The van der Waals surface area contributed by atoms with Gasteiger partial charge in [-0.25, -0.2) is 8.42 Å². The molecule has 0 aliphatic heterocycles. The van der Waals surface area contributed by atoms with E-state index in [1.165, 1.54) is 0 Å². The van der Waals surface area contributed by atoms with E-state index in [0.29, 0.717) is 0 Å². The standard InChI is InChI=1S/C8H16O3S/c1-4-5-7(2)8(9)6-12(3,10)11/h7H,4-6H2,1-3H3. The van der Waals surface area contributed by atoms with Gasteiger partial charge in [-0.1, -0.05) is 20.3 Å². The van der Waals surface area contributed by atoms with Gasteiger partial charge in [0, 0.05) is 12.2 Å². The number of carbonyl (C=O) groups excluding carboxylic acids is 1. The van der Waals surface area contributed by atoms with Crippen molar-refractivity contribution in [2.45, 2.75) is 26.7 Å². The lowest BCUT2D eigenvalue weighted by Crippen LogP contribution is -2.20. The SMILES string of the molecule is CCCC(C)C(=O)CS(C)(=O)=O. The van der Waals surface area contributed by atoms with E-state index in [2.05, 4.69) is 0 Å². The van der Waals surface area contributed by atoms with Gasteiger partial charge in [0.05, 0.1) is 0 Å². The summed E-state index contributed by atoms with van der Waals surface area (Å²) in [5.41, 5.74) is 0. The first kappa shape index (κ1) is 11.6. The largest absolute Gasteiger partial charge is 0.298 e. The molecule has 0 heterocycles. The molecule has 72 valence electrons. The number of sulfone groups is 1. The molecule has 1 atom stereocenters. The zero-order valence-electron chi connectivity index (χ0n) is 7.83. The van der Waals surface area contributed by atoms with Gasteiger partial charge in [-0.05, 0) is 6.42 Å². The molecule has 0 radical (unpaired) electrons. The molecular weight excluding hydrogens is 176 g/mol. The van der Waals surface area contributed by atoms with Crippen LogP contribution in [0.25, 0.3) is 0 Å². The number of ketones is 1. The normalized spacial score (nSPS) is 14.2. The lowest BCUT2D eigenvalue weighted by Gasteiger charge is -2.06. The predicted molar refractivity (Wildman–Crippen MR) is 48.8 cm³/mol. The molecule has 12 heavy (non-hydrogen) atoms. The molecule has 0 bridgehead atoms. The first-order valence-electron chi connectivity index (χ1n) is 4.07. The number of carbonyl (C=O) groups is 1. The number of rotatable bonds is 5. The Kier molecular flexibility index (Phi) is 4.45. The van der Waals surface area contributed by atoms with Gasteiger partial charge in [0.2, 0.25) is 0 Å². The summed E-state index contributed by atoms with van der Waals surface area (Å²) in [6.45, 7) is 3.75. The van der Waals surface area contributed by atoms with Crippen LogP contribution in [0.15, 0.2) is 0 Å². The summed E-state index contributed by atoms with van der Waals surface area (Å²) < 4.78 is 21.5. The molecule has 0 aromatic carbocycles. The fourth-order valence-corrected chi connectivity index (χ4v) is 1.80. The number of hydrogen-bond acceptors (Lipinski definition) is 3. The Hall–Kier alpha value is -0.380. The molecule has 0 saturated carbocycles. The average molecular weight is 192 g/mol. The summed E-state index contributed by atoms with van der Waals surface area (Å²) in [7, 11) is -3.14. The highest BCUT2D eigenvalue weighted by atomic mass is 32.2. The van der Waals surface area contributed by atoms with Crippen molar-refractivity contribution >= 4 is 15.6 Å². The molecule has 0 aromatic heterocycles. The molecule has 0 rings (SSSR count). The van der Waals surface area contributed by atoms with Gasteiger partial charge in [-0.15, -0.1) is 0 Å². The van der Waals surface area contributed by atoms with Gasteiger partial charge in [-0.3, -0.25) is 4.79 Å². The van der Waals surface area contributed by atoms with Gasteiger partial charge in [0.1, 0.15) is 5.75 Å². The minimum absolute atomic E-state index is 0.121. The molecule has 0 aliphatic carbocycles. The van der Waals surface area contributed by atoms with Gasteiger partial charge < -0.3 is 0 Å². The van der Waals surface area contributed by atoms with Crippen LogP contribution in [0.5, 0.6) is 0 Å². The number of hydrogen-bond donors (Lipinski definition) is 0. The van der Waals surface area contributed by atoms with Crippen LogP contribution in [0, 0.1) is 5.92 Å². The van der Waals surface area contributed by atoms with Crippen molar-refractivity contribution in [1.29, 1.82) is 0 Å². The smallest absolute Gasteiger partial charge is 0.154 e. The molecule has 0 N–H and O–H groups in total. The van der Waals surface area contributed by atoms with Crippen molar-refractivity contribution in [2.24, 2.45) is 5.92 Å². The van der Waals surface area contributed by atoms with Crippen molar-refractivity contribution in [3.63, 3.8) is 0 Å². The summed E-state index contributed by atoms with van der Waals surface area (Å²) in [6, 6.07) is 0. The van der Waals surface area contributed by atoms with E-state index < -0.39 is 9.84 Å². The van der Waals surface area contributed by atoms with E-state index in [4.69, 9.17) is 0 Å². The van der Waals surface area contributed by atoms with Crippen LogP contribution < -0.4 is 0 Å². The van der Waals surface area contributed by atoms with Gasteiger partial charge >= 0.3 is 0 Å². The Balaban J connectivity index is 4.05. The van der Waals surface area contributed by atoms with Crippen LogP contribution in [0.2, 0.25) is 0 Å². The second-order valence-corrected chi connectivity index (χ2v) is 5.37. The summed E-state index contributed by atoms with van der Waals surface area (Å²) in [6.07, 6.45) is 2.77. The molecule has 1 unspecified atom stereocenters. The fourth-order valence-electron chi connectivity index (χ4n) is 0.995. The third-order valence-electron chi connectivity index (χ3n) is 1.68. The summed E-state index contributed by atoms with van der Waals surface area (Å²) in [5.74, 6) is -0.599. The van der Waals surface area contributed by atoms with E-state index >= 15 is 0 Å². The molecule has 0 fully saturated rings. The molecule has 0 saturated heterocycles. The Morgan fingerprint density at radius 1 is 1.42 bits per heavy atom. The van der Waals surface area contributed by atoms with Gasteiger partial charge in [0.15, 0.2) is 15.6 Å². The summed E-state index contributed by atoms with van der Waals surface area (Å²) >= 11 is 0. The summed E-state index contributed by atoms with van der Waals surface area (Å²) in [5, 5.41) is 0. The third kappa shape index (κ3) is 5.29.